The van der Waals surface area contributed by atoms with E-state index in [0.717, 1.165) is 16.8 Å². The van der Waals surface area contributed by atoms with E-state index in [1.165, 1.54) is 5.56 Å². The third-order valence-electron chi connectivity index (χ3n) is 3.99. The molecule has 1 aliphatic rings. The maximum absolute atomic E-state index is 6.39. The quantitative estimate of drug-likeness (QED) is 0.740. The third kappa shape index (κ3) is 2.56. The van der Waals surface area contributed by atoms with E-state index in [0.29, 0.717) is 16.0 Å². The minimum Gasteiger partial charge on any atom is -0.323 e. The van der Waals surface area contributed by atoms with Gasteiger partial charge in [0.15, 0.2) is 0 Å². The van der Waals surface area contributed by atoms with Gasteiger partial charge in [-0.3, -0.25) is 0 Å². The SMILES string of the molecule is Cc1ccc(C2=CC(c3c(Cl)cccc3Cl)n3nnnc3N2)cc1. The van der Waals surface area contributed by atoms with Crippen molar-refractivity contribution in [2.75, 3.05) is 5.32 Å². The summed E-state index contributed by atoms with van der Waals surface area (Å²) in [6, 6.07) is 13.4. The number of tetrazole rings is 1. The molecule has 0 saturated heterocycles. The molecule has 1 aromatic heterocycles. The van der Waals surface area contributed by atoms with Crippen LogP contribution in [0.25, 0.3) is 5.70 Å². The molecule has 1 aliphatic heterocycles. The molecule has 3 aromatic rings. The summed E-state index contributed by atoms with van der Waals surface area (Å²) < 4.78 is 1.67. The second-order valence-corrected chi connectivity index (χ2v) is 6.41. The normalized spacial score (nSPS) is 16.3. The van der Waals surface area contributed by atoms with Gasteiger partial charge in [-0.1, -0.05) is 64.2 Å². The summed E-state index contributed by atoms with van der Waals surface area (Å²) in [6.45, 7) is 2.05. The number of aryl methyl sites for hydroxylation is 1. The molecule has 0 radical (unpaired) electrons. The van der Waals surface area contributed by atoms with Gasteiger partial charge in [-0.15, -0.1) is 0 Å². The van der Waals surface area contributed by atoms with Crippen molar-refractivity contribution < 1.29 is 0 Å². The maximum atomic E-state index is 6.39. The van der Waals surface area contributed by atoms with Gasteiger partial charge in [-0.2, -0.15) is 4.68 Å². The van der Waals surface area contributed by atoms with E-state index in [2.05, 4.69) is 52.0 Å². The monoisotopic (exact) mass is 357 g/mol. The molecule has 1 atom stereocenters. The minimum atomic E-state index is -0.284. The molecule has 0 spiro atoms. The van der Waals surface area contributed by atoms with Crippen molar-refractivity contribution in [2.24, 2.45) is 0 Å². The summed E-state index contributed by atoms with van der Waals surface area (Å²) in [5.41, 5.74) is 3.94. The molecule has 1 N–H and O–H groups in total. The predicted octanol–water partition coefficient (Wildman–Crippen LogP) is 4.34. The molecule has 120 valence electrons. The first kappa shape index (κ1) is 15.2. The summed E-state index contributed by atoms with van der Waals surface area (Å²) in [5.74, 6) is 0.550. The lowest BCUT2D eigenvalue weighted by Gasteiger charge is -2.24. The fourth-order valence-corrected chi connectivity index (χ4v) is 3.38. The van der Waals surface area contributed by atoms with Gasteiger partial charge in [0.2, 0.25) is 5.95 Å². The molecule has 4 rings (SSSR count). The first-order valence-corrected chi connectivity index (χ1v) is 8.17. The Labute approximate surface area is 148 Å². The van der Waals surface area contributed by atoms with E-state index in [1.54, 1.807) is 4.68 Å². The number of allylic oxidation sites excluding steroid dienone is 1. The lowest BCUT2D eigenvalue weighted by atomic mass is 10.0. The lowest BCUT2D eigenvalue weighted by Crippen LogP contribution is -2.20. The van der Waals surface area contributed by atoms with E-state index >= 15 is 0 Å². The summed E-state index contributed by atoms with van der Waals surface area (Å²) in [6.07, 6.45) is 2.03. The molecular weight excluding hydrogens is 345 g/mol. The van der Waals surface area contributed by atoms with Crippen molar-refractivity contribution in [2.45, 2.75) is 13.0 Å². The number of hydrogen-bond donors (Lipinski definition) is 1. The smallest absolute Gasteiger partial charge is 0.248 e. The molecule has 2 heterocycles. The molecule has 7 heteroatoms. The van der Waals surface area contributed by atoms with E-state index < -0.39 is 0 Å². The average molecular weight is 358 g/mol. The van der Waals surface area contributed by atoms with Gasteiger partial charge in [0.1, 0.15) is 6.04 Å². The summed E-state index contributed by atoms with van der Waals surface area (Å²) in [4.78, 5) is 0. The predicted molar refractivity (Wildman–Crippen MR) is 95.2 cm³/mol. The Morgan fingerprint density at radius 3 is 2.46 bits per heavy atom. The van der Waals surface area contributed by atoms with Gasteiger partial charge in [-0.25, -0.2) is 0 Å². The second kappa shape index (κ2) is 5.92. The molecule has 24 heavy (non-hydrogen) atoms. The van der Waals surface area contributed by atoms with Crippen LogP contribution in [0.4, 0.5) is 5.95 Å². The van der Waals surface area contributed by atoms with E-state index in [1.807, 2.05) is 24.3 Å². The van der Waals surface area contributed by atoms with Gasteiger partial charge in [0.05, 0.1) is 0 Å². The number of rotatable bonds is 2. The Morgan fingerprint density at radius 1 is 1.04 bits per heavy atom. The maximum Gasteiger partial charge on any atom is 0.248 e. The van der Waals surface area contributed by atoms with Crippen molar-refractivity contribution in [3.63, 3.8) is 0 Å². The van der Waals surface area contributed by atoms with Crippen LogP contribution in [-0.2, 0) is 0 Å². The highest BCUT2D eigenvalue weighted by Crippen LogP contribution is 2.38. The van der Waals surface area contributed by atoms with E-state index in [9.17, 15) is 0 Å². The second-order valence-electron chi connectivity index (χ2n) is 5.60. The van der Waals surface area contributed by atoms with Crippen molar-refractivity contribution in [1.29, 1.82) is 0 Å². The lowest BCUT2D eigenvalue weighted by molar-refractivity contribution is 0.586. The topological polar surface area (TPSA) is 55.6 Å². The van der Waals surface area contributed by atoms with Crippen molar-refractivity contribution in [3.05, 3.63) is 75.3 Å². The summed E-state index contributed by atoms with van der Waals surface area (Å²) in [5, 5.41) is 16.3. The van der Waals surface area contributed by atoms with Crippen LogP contribution in [0.3, 0.4) is 0 Å². The zero-order valence-electron chi connectivity index (χ0n) is 12.7. The van der Waals surface area contributed by atoms with Crippen molar-refractivity contribution >= 4 is 34.8 Å². The molecule has 0 amide bonds. The van der Waals surface area contributed by atoms with Crippen LogP contribution in [-0.4, -0.2) is 20.2 Å². The van der Waals surface area contributed by atoms with E-state index in [4.69, 9.17) is 23.2 Å². The number of hydrogen-bond acceptors (Lipinski definition) is 4. The number of aromatic nitrogens is 4. The molecule has 5 nitrogen and oxygen atoms in total. The van der Waals surface area contributed by atoms with Crippen molar-refractivity contribution in [1.82, 2.24) is 20.2 Å². The van der Waals surface area contributed by atoms with Crippen molar-refractivity contribution in [3.8, 4) is 0 Å². The number of halogens is 2. The standard InChI is InChI=1S/C17H13Cl2N5/c1-10-5-7-11(8-6-10)14-9-15(24-17(20-14)21-22-23-24)16-12(18)3-2-4-13(16)19/h2-9,15H,1H3,(H,20,21,23). The van der Waals surface area contributed by atoms with Crippen LogP contribution >= 0.6 is 23.2 Å². The summed E-state index contributed by atoms with van der Waals surface area (Å²) >= 11 is 12.8. The number of nitrogens with zero attached hydrogens (tertiary/aromatic N) is 4. The largest absolute Gasteiger partial charge is 0.323 e. The minimum absolute atomic E-state index is 0.284. The van der Waals surface area contributed by atoms with E-state index in [-0.39, 0.29) is 6.04 Å². The molecule has 1 unspecified atom stereocenters. The highest BCUT2D eigenvalue weighted by molar-refractivity contribution is 6.36. The molecule has 0 fully saturated rings. The van der Waals surface area contributed by atoms with Crippen LogP contribution in [0.2, 0.25) is 10.0 Å². The average Bonchev–Trinajstić information content (AvgIpc) is 3.04. The Bertz CT molecular complexity index is 910. The highest BCUT2D eigenvalue weighted by Gasteiger charge is 2.27. The fourth-order valence-electron chi connectivity index (χ4n) is 2.75. The molecule has 0 saturated carbocycles. The highest BCUT2D eigenvalue weighted by atomic mass is 35.5. The molecule has 2 aromatic carbocycles. The Balaban J connectivity index is 1.87. The summed E-state index contributed by atoms with van der Waals surface area (Å²) in [7, 11) is 0. The zero-order valence-corrected chi connectivity index (χ0v) is 14.3. The van der Waals surface area contributed by atoms with Gasteiger partial charge in [0.25, 0.3) is 0 Å². The Hall–Kier alpha value is -2.37. The molecule has 0 bridgehead atoms. The van der Waals surface area contributed by atoms with Crippen LogP contribution < -0.4 is 5.32 Å². The van der Waals surface area contributed by atoms with Crippen LogP contribution in [0.15, 0.2) is 48.5 Å². The first-order valence-electron chi connectivity index (χ1n) is 7.41. The van der Waals surface area contributed by atoms with Crippen LogP contribution in [0.5, 0.6) is 0 Å². The Kier molecular flexibility index (Phi) is 3.75. The van der Waals surface area contributed by atoms with Crippen LogP contribution in [0, 0.1) is 6.92 Å². The molecule has 0 aliphatic carbocycles. The molecular formula is C17H13Cl2N5. The van der Waals surface area contributed by atoms with Gasteiger partial charge in [-0.05, 0) is 41.1 Å². The Morgan fingerprint density at radius 2 is 1.75 bits per heavy atom. The van der Waals surface area contributed by atoms with Crippen LogP contribution in [0.1, 0.15) is 22.7 Å². The fraction of sp³-hybridized carbons (Fsp3) is 0.118. The number of fused-ring (bicyclic) bond motifs is 1. The number of nitrogens with one attached hydrogen (secondary N) is 1. The number of anilines is 1. The third-order valence-corrected chi connectivity index (χ3v) is 4.64. The van der Waals surface area contributed by atoms with Gasteiger partial charge >= 0.3 is 0 Å². The number of benzene rings is 2. The van der Waals surface area contributed by atoms with Gasteiger partial charge in [0, 0.05) is 21.3 Å². The zero-order chi connectivity index (χ0) is 16.7. The first-order chi connectivity index (χ1) is 11.6. The van der Waals surface area contributed by atoms with Gasteiger partial charge < -0.3 is 5.32 Å².